The first-order chi connectivity index (χ1) is 10.6. The van der Waals surface area contributed by atoms with Crippen molar-refractivity contribution in [2.24, 2.45) is 5.10 Å². The SMILES string of the molecule is CC(=NNC(=O)CNC(=O)c1ccccc1Br)c1cccs1. The van der Waals surface area contributed by atoms with Gasteiger partial charge in [-0.2, -0.15) is 5.10 Å². The zero-order chi connectivity index (χ0) is 15.9. The molecule has 1 aromatic carbocycles. The summed E-state index contributed by atoms with van der Waals surface area (Å²) in [7, 11) is 0. The maximum atomic E-state index is 11.9. The largest absolute Gasteiger partial charge is 0.343 e. The Balaban J connectivity index is 1.84. The van der Waals surface area contributed by atoms with Gasteiger partial charge in [0, 0.05) is 9.35 Å². The molecule has 2 amide bonds. The van der Waals surface area contributed by atoms with Gasteiger partial charge >= 0.3 is 0 Å². The van der Waals surface area contributed by atoms with Crippen molar-refractivity contribution >= 4 is 44.8 Å². The fourth-order valence-corrected chi connectivity index (χ4v) is 2.77. The van der Waals surface area contributed by atoms with E-state index in [0.717, 1.165) is 10.6 Å². The molecule has 7 heteroatoms. The Morgan fingerprint density at radius 2 is 2.00 bits per heavy atom. The lowest BCUT2D eigenvalue weighted by Gasteiger charge is -2.06. The van der Waals surface area contributed by atoms with E-state index in [-0.39, 0.29) is 18.4 Å². The maximum absolute atomic E-state index is 11.9. The molecule has 114 valence electrons. The van der Waals surface area contributed by atoms with E-state index in [0.29, 0.717) is 10.0 Å². The average molecular weight is 380 g/mol. The third kappa shape index (κ3) is 4.51. The monoisotopic (exact) mass is 379 g/mol. The third-order valence-electron chi connectivity index (χ3n) is 2.75. The Morgan fingerprint density at radius 3 is 2.68 bits per heavy atom. The van der Waals surface area contributed by atoms with E-state index in [2.05, 4.69) is 31.8 Å². The summed E-state index contributed by atoms with van der Waals surface area (Å²) in [6.07, 6.45) is 0. The van der Waals surface area contributed by atoms with E-state index >= 15 is 0 Å². The molecule has 1 heterocycles. The summed E-state index contributed by atoms with van der Waals surface area (Å²) in [5.74, 6) is -0.696. The molecule has 0 unspecified atom stereocenters. The molecule has 0 saturated heterocycles. The summed E-state index contributed by atoms with van der Waals surface area (Å²) in [6, 6.07) is 10.9. The molecule has 22 heavy (non-hydrogen) atoms. The van der Waals surface area contributed by atoms with Crippen molar-refractivity contribution in [2.45, 2.75) is 6.92 Å². The summed E-state index contributed by atoms with van der Waals surface area (Å²) in [4.78, 5) is 24.6. The molecule has 0 fully saturated rings. The van der Waals surface area contributed by atoms with Gasteiger partial charge in [-0.3, -0.25) is 9.59 Å². The van der Waals surface area contributed by atoms with E-state index in [1.807, 2.05) is 30.5 Å². The number of hydrogen-bond donors (Lipinski definition) is 2. The number of carbonyl (C=O) groups excluding carboxylic acids is 2. The lowest BCUT2D eigenvalue weighted by atomic mass is 10.2. The smallest absolute Gasteiger partial charge is 0.259 e. The van der Waals surface area contributed by atoms with E-state index in [1.54, 1.807) is 29.5 Å². The van der Waals surface area contributed by atoms with Crippen LogP contribution in [0.25, 0.3) is 0 Å². The van der Waals surface area contributed by atoms with E-state index in [4.69, 9.17) is 0 Å². The Morgan fingerprint density at radius 1 is 1.23 bits per heavy atom. The quantitative estimate of drug-likeness (QED) is 0.619. The van der Waals surface area contributed by atoms with E-state index in [9.17, 15) is 9.59 Å². The van der Waals surface area contributed by atoms with E-state index < -0.39 is 0 Å². The number of halogens is 1. The molecule has 0 spiro atoms. The van der Waals surface area contributed by atoms with Crippen LogP contribution in [0.5, 0.6) is 0 Å². The Labute approximate surface area is 140 Å². The molecule has 2 aromatic rings. The second kappa shape index (κ2) is 7.86. The van der Waals surface area contributed by atoms with Crippen molar-refractivity contribution in [2.75, 3.05) is 6.54 Å². The number of nitrogens with zero attached hydrogens (tertiary/aromatic N) is 1. The summed E-state index contributed by atoms with van der Waals surface area (Å²) in [6.45, 7) is 1.67. The highest BCUT2D eigenvalue weighted by atomic mass is 79.9. The number of benzene rings is 1. The number of rotatable bonds is 5. The van der Waals surface area contributed by atoms with Crippen molar-refractivity contribution in [1.82, 2.24) is 10.7 Å². The Bertz CT molecular complexity index is 699. The highest BCUT2D eigenvalue weighted by Crippen LogP contribution is 2.15. The summed E-state index contributed by atoms with van der Waals surface area (Å²) < 4.78 is 0.680. The minimum atomic E-state index is -0.378. The van der Waals surface area contributed by atoms with Crippen molar-refractivity contribution in [3.05, 3.63) is 56.7 Å². The van der Waals surface area contributed by atoms with Crippen LogP contribution in [-0.2, 0) is 4.79 Å². The highest BCUT2D eigenvalue weighted by Gasteiger charge is 2.10. The first kappa shape index (κ1) is 16.4. The topological polar surface area (TPSA) is 70.6 Å². The van der Waals surface area contributed by atoms with Gasteiger partial charge in [0.2, 0.25) is 0 Å². The van der Waals surface area contributed by atoms with Gasteiger partial charge in [-0.1, -0.05) is 18.2 Å². The van der Waals surface area contributed by atoms with Crippen molar-refractivity contribution in [3.8, 4) is 0 Å². The minimum absolute atomic E-state index is 0.138. The molecule has 0 atom stereocenters. The first-order valence-electron chi connectivity index (χ1n) is 6.47. The van der Waals surface area contributed by atoms with Gasteiger partial charge in [0.15, 0.2) is 0 Å². The summed E-state index contributed by atoms with van der Waals surface area (Å²) >= 11 is 4.84. The lowest BCUT2D eigenvalue weighted by Crippen LogP contribution is -2.35. The third-order valence-corrected chi connectivity index (χ3v) is 4.42. The van der Waals surface area contributed by atoms with Crippen LogP contribution >= 0.6 is 27.3 Å². The molecule has 0 bridgehead atoms. The van der Waals surface area contributed by atoms with Crippen LogP contribution in [0.1, 0.15) is 22.2 Å². The lowest BCUT2D eigenvalue weighted by molar-refractivity contribution is -0.120. The van der Waals surface area contributed by atoms with Crippen LogP contribution in [0.4, 0.5) is 0 Å². The molecule has 0 saturated carbocycles. The molecular weight excluding hydrogens is 366 g/mol. The number of amides is 2. The first-order valence-corrected chi connectivity index (χ1v) is 8.15. The molecule has 0 aliphatic heterocycles. The molecular formula is C15H14BrN3O2S. The van der Waals surface area contributed by atoms with Crippen LogP contribution in [0.2, 0.25) is 0 Å². The average Bonchev–Trinajstić information content (AvgIpc) is 3.05. The Hall–Kier alpha value is -1.99. The summed E-state index contributed by atoms with van der Waals surface area (Å²) in [5.41, 5.74) is 3.62. The van der Waals surface area contributed by atoms with E-state index in [1.165, 1.54) is 0 Å². The zero-order valence-corrected chi connectivity index (χ0v) is 14.2. The van der Waals surface area contributed by atoms with Gasteiger partial charge < -0.3 is 5.32 Å². The van der Waals surface area contributed by atoms with Gasteiger partial charge in [0.25, 0.3) is 11.8 Å². The molecule has 2 N–H and O–H groups in total. The fourth-order valence-electron chi connectivity index (χ4n) is 1.63. The normalized spacial score (nSPS) is 11.1. The molecule has 0 aliphatic carbocycles. The number of hydrazone groups is 1. The second-order valence-corrected chi connectivity index (χ2v) is 6.17. The number of thiophene rings is 1. The van der Waals surface area contributed by atoms with Gasteiger partial charge in [0.05, 0.1) is 17.8 Å². The van der Waals surface area contributed by atoms with Crippen molar-refractivity contribution in [3.63, 3.8) is 0 Å². The van der Waals surface area contributed by atoms with Crippen molar-refractivity contribution in [1.29, 1.82) is 0 Å². The number of nitrogens with one attached hydrogen (secondary N) is 2. The molecule has 0 radical (unpaired) electrons. The second-order valence-electron chi connectivity index (χ2n) is 4.37. The van der Waals surface area contributed by atoms with Gasteiger partial charge in [-0.25, -0.2) is 5.43 Å². The Kier molecular flexibility index (Phi) is 5.85. The van der Waals surface area contributed by atoms with Crippen molar-refractivity contribution < 1.29 is 9.59 Å². The predicted molar refractivity (Wildman–Crippen MR) is 91.1 cm³/mol. The maximum Gasteiger partial charge on any atom is 0.259 e. The zero-order valence-electron chi connectivity index (χ0n) is 11.8. The van der Waals surface area contributed by atoms with Crippen LogP contribution in [0, 0.1) is 0 Å². The standard InChI is InChI=1S/C15H14BrN3O2S/c1-10(13-7-4-8-22-13)18-19-14(20)9-17-15(21)11-5-2-3-6-12(11)16/h2-8H,9H2,1H3,(H,17,21)(H,19,20). The van der Waals surface area contributed by atoms with Crippen LogP contribution in [0.3, 0.4) is 0 Å². The van der Waals surface area contributed by atoms with Gasteiger partial charge in [-0.15, -0.1) is 11.3 Å². The molecule has 2 rings (SSSR count). The summed E-state index contributed by atoms with van der Waals surface area (Å²) in [5, 5.41) is 8.49. The molecule has 1 aromatic heterocycles. The van der Waals surface area contributed by atoms with Gasteiger partial charge in [0.1, 0.15) is 0 Å². The minimum Gasteiger partial charge on any atom is -0.343 e. The van der Waals surface area contributed by atoms with Gasteiger partial charge in [-0.05, 0) is 46.4 Å². The molecule has 0 aliphatic rings. The number of carbonyl (C=O) groups is 2. The fraction of sp³-hybridized carbons (Fsp3) is 0.133. The highest BCUT2D eigenvalue weighted by molar-refractivity contribution is 9.10. The van der Waals surface area contributed by atoms with Crippen LogP contribution in [0.15, 0.2) is 51.4 Å². The van der Waals surface area contributed by atoms with Crippen LogP contribution in [-0.4, -0.2) is 24.1 Å². The molecule has 5 nitrogen and oxygen atoms in total. The predicted octanol–water partition coefficient (Wildman–Crippen LogP) is 2.78. The number of hydrogen-bond acceptors (Lipinski definition) is 4. The van der Waals surface area contributed by atoms with Crippen LogP contribution < -0.4 is 10.7 Å².